The van der Waals surface area contributed by atoms with Gasteiger partial charge in [0.2, 0.25) is 0 Å². The quantitative estimate of drug-likeness (QED) is 0.819. The average molecular weight is 340 g/mol. The first-order valence-electron chi connectivity index (χ1n) is 7.51. The Morgan fingerprint density at radius 3 is 2.65 bits per heavy atom. The van der Waals surface area contributed by atoms with Crippen LogP contribution in [0.1, 0.15) is 10.4 Å². The van der Waals surface area contributed by atoms with Crippen LogP contribution in [0.3, 0.4) is 0 Å². The largest absolute Gasteiger partial charge is 0.391 e. The fourth-order valence-corrected chi connectivity index (χ4v) is 3.96. The van der Waals surface area contributed by atoms with Gasteiger partial charge >= 0.3 is 5.69 Å². The minimum atomic E-state index is -0.322. The van der Waals surface area contributed by atoms with Crippen molar-refractivity contribution in [1.82, 2.24) is 9.13 Å². The van der Waals surface area contributed by atoms with Crippen LogP contribution in [0.25, 0.3) is 10.2 Å². The summed E-state index contributed by atoms with van der Waals surface area (Å²) in [5.74, 6) is 0.199. The summed E-state index contributed by atoms with van der Waals surface area (Å²) in [6.07, 6.45) is 0. The number of aryl methyl sites for hydroxylation is 1. The van der Waals surface area contributed by atoms with E-state index in [-0.39, 0.29) is 23.8 Å². The van der Waals surface area contributed by atoms with Crippen molar-refractivity contribution < 1.29 is 14.6 Å². The number of nitrogens with zero attached hydrogens (tertiary/aromatic N) is 2. The van der Waals surface area contributed by atoms with Crippen LogP contribution in [0.2, 0.25) is 0 Å². The maximum atomic E-state index is 12.8. The lowest BCUT2D eigenvalue weighted by Crippen LogP contribution is -2.44. The normalized spacial score (nSPS) is 15.3. The van der Waals surface area contributed by atoms with E-state index in [2.05, 4.69) is 0 Å². The Balaban J connectivity index is 2.23. The lowest BCUT2D eigenvalue weighted by atomic mass is 10.1. The number of hydrogen-bond acceptors (Lipinski definition) is 6. The number of fused-ring (bicyclic) bond motifs is 1. The fourth-order valence-electron chi connectivity index (χ4n) is 2.78. The number of aliphatic hydroxyl groups is 1. The van der Waals surface area contributed by atoms with Crippen molar-refractivity contribution >= 4 is 21.6 Å². The van der Waals surface area contributed by atoms with Gasteiger partial charge in [-0.05, 0) is 12.5 Å². The summed E-state index contributed by atoms with van der Waals surface area (Å²) in [5, 5.41) is 10.0. The Labute approximate surface area is 136 Å². The van der Waals surface area contributed by atoms with Crippen molar-refractivity contribution in [2.24, 2.45) is 5.92 Å². The smallest absolute Gasteiger partial charge is 0.332 e. The molecule has 0 spiro atoms. The van der Waals surface area contributed by atoms with Crippen LogP contribution in [-0.4, -0.2) is 41.2 Å². The van der Waals surface area contributed by atoms with Gasteiger partial charge in [-0.3, -0.25) is 13.9 Å². The van der Waals surface area contributed by atoms with E-state index in [0.717, 1.165) is 5.56 Å². The van der Waals surface area contributed by atoms with Crippen LogP contribution in [0.5, 0.6) is 0 Å². The van der Waals surface area contributed by atoms with Crippen LogP contribution in [0, 0.1) is 12.8 Å². The number of hydrogen-bond donors (Lipinski definition) is 1. The van der Waals surface area contributed by atoms with E-state index in [1.54, 1.807) is 11.7 Å². The molecule has 2 aromatic heterocycles. The van der Waals surface area contributed by atoms with Gasteiger partial charge in [-0.2, -0.15) is 0 Å². The Morgan fingerprint density at radius 2 is 2.09 bits per heavy atom. The molecule has 2 aromatic rings. The molecule has 0 amide bonds. The van der Waals surface area contributed by atoms with Crippen LogP contribution in [0.4, 0.5) is 0 Å². The summed E-state index contributed by atoms with van der Waals surface area (Å²) in [7, 11) is 1.57. The van der Waals surface area contributed by atoms with E-state index in [1.165, 1.54) is 15.9 Å². The molecular weight excluding hydrogens is 320 g/mol. The number of rotatable bonds is 6. The van der Waals surface area contributed by atoms with Gasteiger partial charge in [0.1, 0.15) is 4.83 Å². The van der Waals surface area contributed by atoms with Gasteiger partial charge < -0.3 is 14.6 Å². The Bertz CT molecular complexity index is 831. The second-order valence-electron chi connectivity index (χ2n) is 5.73. The van der Waals surface area contributed by atoms with E-state index in [1.807, 2.05) is 6.92 Å². The molecular formula is C15H20N2O5S. The SMILES string of the molecule is COCCn1c(=O)n(CC2COC2)c(=O)c2c(C)c(CO)sc21. The summed E-state index contributed by atoms with van der Waals surface area (Å²) < 4.78 is 13.1. The second-order valence-corrected chi connectivity index (χ2v) is 6.82. The third kappa shape index (κ3) is 2.76. The van der Waals surface area contributed by atoms with Crippen molar-refractivity contribution in [2.75, 3.05) is 26.9 Å². The Hall–Kier alpha value is -1.48. The van der Waals surface area contributed by atoms with Gasteiger partial charge in [0.15, 0.2) is 0 Å². The maximum absolute atomic E-state index is 12.8. The number of aromatic nitrogens is 2. The summed E-state index contributed by atoms with van der Waals surface area (Å²) in [6.45, 7) is 3.94. The molecule has 0 aromatic carbocycles. The number of aliphatic hydroxyl groups excluding tert-OH is 1. The number of ether oxygens (including phenoxy) is 2. The Kier molecular flexibility index (Phi) is 4.67. The molecule has 126 valence electrons. The van der Waals surface area contributed by atoms with Crippen LogP contribution < -0.4 is 11.2 Å². The topological polar surface area (TPSA) is 82.7 Å². The molecule has 0 aliphatic carbocycles. The minimum absolute atomic E-state index is 0.139. The molecule has 23 heavy (non-hydrogen) atoms. The zero-order valence-electron chi connectivity index (χ0n) is 13.2. The van der Waals surface area contributed by atoms with Crippen molar-refractivity contribution in [1.29, 1.82) is 0 Å². The lowest BCUT2D eigenvalue weighted by Gasteiger charge is -2.26. The van der Waals surface area contributed by atoms with Gasteiger partial charge in [0.05, 0.1) is 38.4 Å². The van der Waals surface area contributed by atoms with Gasteiger partial charge in [-0.15, -0.1) is 11.3 Å². The highest BCUT2D eigenvalue weighted by atomic mass is 32.1. The summed E-state index contributed by atoms with van der Waals surface area (Å²) in [6, 6.07) is 0. The molecule has 0 radical (unpaired) electrons. The number of methoxy groups -OCH3 is 1. The molecule has 3 rings (SSSR count). The zero-order valence-corrected chi connectivity index (χ0v) is 14.0. The number of thiophene rings is 1. The standard InChI is InChI=1S/C15H20N2O5S/c1-9-11(6-18)23-14-12(9)13(19)17(5-10-7-22-8-10)15(20)16(14)3-4-21-2/h10,18H,3-8H2,1-2H3. The molecule has 3 heterocycles. The Morgan fingerprint density at radius 1 is 1.35 bits per heavy atom. The van der Waals surface area contributed by atoms with E-state index in [9.17, 15) is 14.7 Å². The first-order valence-corrected chi connectivity index (χ1v) is 8.33. The maximum Gasteiger partial charge on any atom is 0.332 e. The highest BCUT2D eigenvalue weighted by Gasteiger charge is 2.24. The highest BCUT2D eigenvalue weighted by molar-refractivity contribution is 7.18. The van der Waals surface area contributed by atoms with E-state index in [0.29, 0.717) is 48.0 Å². The molecule has 1 aliphatic rings. The van der Waals surface area contributed by atoms with Gasteiger partial charge in [-0.25, -0.2) is 4.79 Å². The molecule has 0 bridgehead atoms. The predicted molar refractivity (Wildman–Crippen MR) is 87.2 cm³/mol. The van der Waals surface area contributed by atoms with Crippen LogP contribution in [0.15, 0.2) is 9.59 Å². The van der Waals surface area contributed by atoms with E-state index >= 15 is 0 Å². The van der Waals surface area contributed by atoms with Gasteiger partial charge in [0.25, 0.3) is 5.56 Å². The zero-order chi connectivity index (χ0) is 16.6. The monoisotopic (exact) mass is 340 g/mol. The third-order valence-electron chi connectivity index (χ3n) is 4.20. The van der Waals surface area contributed by atoms with Gasteiger partial charge in [0, 0.05) is 24.4 Å². The predicted octanol–water partition coefficient (Wildman–Crippen LogP) is 0.318. The van der Waals surface area contributed by atoms with E-state index < -0.39 is 0 Å². The second kappa shape index (κ2) is 6.56. The summed E-state index contributed by atoms with van der Waals surface area (Å²) in [5.41, 5.74) is 0.151. The minimum Gasteiger partial charge on any atom is -0.391 e. The molecule has 0 saturated carbocycles. The molecule has 1 aliphatic heterocycles. The molecule has 0 atom stereocenters. The van der Waals surface area contributed by atoms with Crippen molar-refractivity contribution in [3.8, 4) is 0 Å². The molecule has 8 heteroatoms. The average Bonchev–Trinajstić information content (AvgIpc) is 2.82. The van der Waals surface area contributed by atoms with Crippen LogP contribution in [-0.2, 0) is 29.2 Å². The first-order chi connectivity index (χ1) is 11.1. The van der Waals surface area contributed by atoms with Crippen molar-refractivity contribution in [3.05, 3.63) is 31.3 Å². The molecule has 1 N–H and O–H groups in total. The third-order valence-corrected chi connectivity index (χ3v) is 5.50. The van der Waals surface area contributed by atoms with Gasteiger partial charge in [-0.1, -0.05) is 0 Å². The molecule has 1 saturated heterocycles. The van der Waals surface area contributed by atoms with E-state index in [4.69, 9.17) is 9.47 Å². The van der Waals surface area contributed by atoms with Crippen LogP contribution >= 0.6 is 11.3 Å². The summed E-state index contributed by atoms with van der Waals surface area (Å²) >= 11 is 1.30. The molecule has 0 unspecified atom stereocenters. The van der Waals surface area contributed by atoms with Crippen molar-refractivity contribution in [3.63, 3.8) is 0 Å². The molecule has 7 nitrogen and oxygen atoms in total. The highest BCUT2D eigenvalue weighted by Crippen LogP contribution is 2.27. The lowest BCUT2D eigenvalue weighted by molar-refractivity contribution is -0.0404. The molecule has 1 fully saturated rings. The fraction of sp³-hybridized carbons (Fsp3) is 0.600. The first kappa shape index (κ1) is 16.4. The van der Waals surface area contributed by atoms with Crippen molar-refractivity contribution in [2.45, 2.75) is 26.6 Å². The summed E-state index contributed by atoms with van der Waals surface area (Å²) in [4.78, 5) is 26.9.